The zero-order valence-corrected chi connectivity index (χ0v) is 13.2. The number of ether oxygens (including phenoxy) is 1. The quantitative estimate of drug-likeness (QED) is 0.433. The van der Waals surface area contributed by atoms with Gasteiger partial charge in [0.25, 0.3) is 0 Å². The highest BCUT2D eigenvalue weighted by Crippen LogP contribution is 2.25. The van der Waals surface area contributed by atoms with Gasteiger partial charge < -0.3 is 20.3 Å². The van der Waals surface area contributed by atoms with Gasteiger partial charge in [0.1, 0.15) is 18.2 Å². The SMILES string of the molecule is O=C1NC(=O)N([C@H]2C[C@H](O)[C@@H](CO)O2)CC1C#CCNC(=O)C(F)(F)F. The van der Waals surface area contributed by atoms with Crippen LogP contribution in [0.15, 0.2) is 0 Å². The summed E-state index contributed by atoms with van der Waals surface area (Å²) in [5.41, 5.74) is 0. The smallest absolute Gasteiger partial charge is 0.394 e. The summed E-state index contributed by atoms with van der Waals surface area (Å²) in [6.45, 7) is -1.28. The Kier molecular flexibility index (Phi) is 6.06. The Labute approximate surface area is 145 Å². The van der Waals surface area contributed by atoms with Gasteiger partial charge in [0.2, 0.25) is 5.91 Å². The first-order chi connectivity index (χ1) is 12.1. The summed E-state index contributed by atoms with van der Waals surface area (Å²) in [4.78, 5) is 35.4. The Morgan fingerprint density at radius 2 is 2.12 bits per heavy atom. The number of hydrogen-bond donors (Lipinski definition) is 4. The van der Waals surface area contributed by atoms with Crippen molar-refractivity contribution in [3.63, 3.8) is 0 Å². The van der Waals surface area contributed by atoms with E-state index in [1.807, 2.05) is 5.32 Å². The van der Waals surface area contributed by atoms with Gasteiger partial charge in [0, 0.05) is 13.0 Å². The number of alkyl halides is 3. The molecule has 0 aromatic heterocycles. The molecule has 2 fully saturated rings. The fourth-order valence-electron chi connectivity index (χ4n) is 2.46. The number of urea groups is 1. The Balaban J connectivity index is 1.96. The average molecular weight is 379 g/mol. The van der Waals surface area contributed by atoms with E-state index in [9.17, 15) is 32.7 Å². The normalized spacial score (nSPS) is 29.0. The Hall–Kier alpha value is -2.36. The van der Waals surface area contributed by atoms with E-state index < -0.39 is 61.5 Å². The van der Waals surface area contributed by atoms with Crippen LogP contribution in [-0.2, 0) is 14.3 Å². The third-order valence-corrected chi connectivity index (χ3v) is 3.79. The van der Waals surface area contributed by atoms with E-state index in [-0.39, 0.29) is 13.0 Å². The highest BCUT2D eigenvalue weighted by Gasteiger charge is 2.42. The number of carbonyl (C=O) groups excluding carboxylic acids is 3. The Morgan fingerprint density at radius 1 is 1.42 bits per heavy atom. The van der Waals surface area contributed by atoms with Gasteiger partial charge in [-0.05, 0) is 0 Å². The molecule has 2 rings (SSSR count). The van der Waals surface area contributed by atoms with Gasteiger partial charge in [-0.2, -0.15) is 13.2 Å². The molecule has 2 aliphatic heterocycles. The first-order valence-corrected chi connectivity index (χ1v) is 7.52. The van der Waals surface area contributed by atoms with Gasteiger partial charge in [-0.15, -0.1) is 0 Å². The van der Waals surface area contributed by atoms with Crippen molar-refractivity contribution in [2.24, 2.45) is 5.92 Å². The minimum absolute atomic E-state index is 0.0224. The second kappa shape index (κ2) is 7.90. The third kappa shape index (κ3) is 4.63. The molecule has 9 nitrogen and oxygen atoms in total. The summed E-state index contributed by atoms with van der Waals surface area (Å²) in [6, 6.07) is -0.769. The molecule has 26 heavy (non-hydrogen) atoms. The molecule has 2 saturated heterocycles. The molecule has 144 valence electrons. The van der Waals surface area contributed by atoms with E-state index in [0.29, 0.717) is 0 Å². The summed E-state index contributed by atoms with van der Waals surface area (Å²) in [5.74, 6) is 0.673. The predicted molar refractivity (Wildman–Crippen MR) is 76.9 cm³/mol. The van der Waals surface area contributed by atoms with Crippen LogP contribution in [0.3, 0.4) is 0 Å². The monoisotopic (exact) mass is 379 g/mol. The number of carbonyl (C=O) groups is 3. The number of rotatable bonds is 3. The lowest BCUT2D eigenvalue weighted by atomic mass is 10.1. The molecule has 0 aliphatic carbocycles. The van der Waals surface area contributed by atoms with Gasteiger partial charge >= 0.3 is 18.1 Å². The molecule has 0 saturated carbocycles. The van der Waals surface area contributed by atoms with Crippen LogP contribution in [0.1, 0.15) is 6.42 Å². The van der Waals surface area contributed by atoms with Crippen LogP contribution < -0.4 is 10.6 Å². The highest BCUT2D eigenvalue weighted by atomic mass is 19.4. The Morgan fingerprint density at radius 3 is 2.69 bits per heavy atom. The van der Waals surface area contributed by atoms with E-state index in [0.717, 1.165) is 4.90 Å². The maximum absolute atomic E-state index is 12.0. The van der Waals surface area contributed by atoms with E-state index >= 15 is 0 Å². The molecule has 2 heterocycles. The van der Waals surface area contributed by atoms with E-state index in [2.05, 4.69) is 11.8 Å². The lowest BCUT2D eigenvalue weighted by molar-refractivity contribution is -0.173. The summed E-state index contributed by atoms with van der Waals surface area (Å²) >= 11 is 0. The molecular weight excluding hydrogens is 363 g/mol. The van der Waals surface area contributed by atoms with Crippen molar-refractivity contribution in [1.29, 1.82) is 0 Å². The van der Waals surface area contributed by atoms with Crippen LogP contribution in [0, 0.1) is 17.8 Å². The largest absolute Gasteiger partial charge is 0.471 e. The number of aliphatic hydroxyl groups is 2. The molecule has 1 unspecified atom stereocenters. The van der Waals surface area contributed by atoms with Crippen molar-refractivity contribution >= 4 is 17.8 Å². The second-order valence-electron chi connectivity index (χ2n) is 5.62. The standard InChI is InChI=1S/C14H16F3N3O6/c15-14(16,17)12(24)18-3-1-2-7-5-20(13(25)19-11(7)23)10-4-8(22)9(6-21)26-10/h7-10,21-22H,3-6H2,(H,18,24)(H,19,23,25)/t7?,8-,9+,10+/m0/s1. The van der Waals surface area contributed by atoms with E-state index in [4.69, 9.17) is 9.84 Å². The molecule has 0 bridgehead atoms. The minimum atomic E-state index is -5.03. The first-order valence-electron chi connectivity index (χ1n) is 7.52. The highest BCUT2D eigenvalue weighted by molar-refractivity contribution is 5.99. The van der Waals surface area contributed by atoms with Gasteiger partial charge in [0.05, 0.1) is 19.3 Å². The molecule has 4 N–H and O–H groups in total. The molecule has 0 aromatic rings. The molecule has 4 amide bonds. The molecule has 0 aromatic carbocycles. The number of imide groups is 1. The summed E-state index contributed by atoms with van der Waals surface area (Å²) < 4.78 is 41.4. The summed E-state index contributed by atoms with van der Waals surface area (Å²) in [7, 11) is 0. The molecule has 2 aliphatic rings. The number of aliphatic hydroxyl groups excluding tert-OH is 2. The van der Waals surface area contributed by atoms with Crippen LogP contribution in [0.4, 0.5) is 18.0 Å². The van der Waals surface area contributed by atoms with Crippen LogP contribution in [0.25, 0.3) is 0 Å². The number of nitrogens with one attached hydrogen (secondary N) is 2. The second-order valence-corrected chi connectivity index (χ2v) is 5.62. The summed E-state index contributed by atoms with van der Waals surface area (Å²) in [5, 5.41) is 22.3. The zero-order valence-electron chi connectivity index (χ0n) is 13.2. The number of hydrogen-bond acceptors (Lipinski definition) is 6. The molecule has 0 radical (unpaired) electrons. The third-order valence-electron chi connectivity index (χ3n) is 3.79. The van der Waals surface area contributed by atoms with Crippen molar-refractivity contribution < 1.29 is 42.5 Å². The van der Waals surface area contributed by atoms with Crippen molar-refractivity contribution in [2.75, 3.05) is 19.7 Å². The van der Waals surface area contributed by atoms with Crippen LogP contribution >= 0.6 is 0 Å². The maximum Gasteiger partial charge on any atom is 0.471 e. The van der Waals surface area contributed by atoms with Crippen molar-refractivity contribution in [3.05, 3.63) is 0 Å². The minimum Gasteiger partial charge on any atom is -0.394 e. The van der Waals surface area contributed by atoms with Crippen LogP contribution in [-0.4, -0.2) is 77.3 Å². The van der Waals surface area contributed by atoms with Gasteiger partial charge in [-0.1, -0.05) is 11.8 Å². The molecule has 4 atom stereocenters. The van der Waals surface area contributed by atoms with Crippen LogP contribution in [0.5, 0.6) is 0 Å². The van der Waals surface area contributed by atoms with Crippen molar-refractivity contribution in [1.82, 2.24) is 15.5 Å². The zero-order chi connectivity index (χ0) is 19.5. The van der Waals surface area contributed by atoms with Gasteiger partial charge in [-0.3, -0.25) is 19.8 Å². The van der Waals surface area contributed by atoms with Gasteiger partial charge in [0.15, 0.2) is 0 Å². The molecule has 12 heteroatoms. The average Bonchev–Trinajstić information content (AvgIpc) is 2.92. The van der Waals surface area contributed by atoms with Gasteiger partial charge in [-0.25, -0.2) is 4.79 Å². The van der Waals surface area contributed by atoms with E-state index in [1.165, 1.54) is 5.32 Å². The number of nitrogens with zero attached hydrogens (tertiary/aromatic N) is 1. The van der Waals surface area contributed by atoms with Crippen molar-refractivity contribution in [3.8, 4) is 11.8 Å². The van der Waals surface area contributed by atoms with Crippen LogP contribution in [0.2, 0.25) is 0 Å². The van der Waals surface area contributed by atoms with E-state index in [1.54, 1.807) is 0 Å². The number of amides is 4. The number of halogens is 3. The van der Waals surface area contributed by atoms with Crippen molar-refractivity contribution in [2.45, 2.75) is 31.0 Å². The molecular formula is C14H16F3N3O6. The topological polar surface area (TPSA) is 128 Å². The molecule has 0 spiro atoms. The fraction of sp³-hybridized carbons (Fsp3) is 0.643. The predicted octanol–water partition coefficient (Wildman–Crippen LogP) is -1.70. The maximum atomic E-state index is 12.0. The summed E-state index contributed by atoms with van der Waals surface area (Å²) in [6.07, 6.45) is -7.75. The Bertz CT molecular complexity index is 644. The first kappa shape index (κ1) is 20.0. The lowest BCUT2D eigenvalue weighted by Gasteiger charge is -2.33. The lowest BCUT2D eigenvalue weighted by Crippen LogP contribution is -2.57. The fourth-order valence-corrected chi connectivity index (χ4v) is 2.46.